The van der Waals surface area contributed by atoms with Crippen LogP contribution in [0.15, 0.2) is 47.6 Å². The molecule has 0 saturated carbocycles. The van der Waals surface area contributed by atoms with Crippen LogP contribution in [-0.2, 0) is 16.2 Å². The smallest absolute Gasteiger partial charge is 0.273 e. The summed E-state index contributed by atoms with van der Waals surface area (Å²) >= 11 is 0. The third-order valence-electron chi connectivity index (χ3n) is 3.44. The van der Waals surface area contributed by atoms with Crippen molar-refractivity contribution in [2.45, 2.75) is 13.5 Å². The Balaban J connectivity index is 2.37. The van der Waals surface area contributed by atoms with E-state index in [1.165, 1.54) is 20.2 Å². The summed E-state index contributed by atoms with van der Waals surface area (Å²) in [5.41, 5.74) is 1.39. The van der Waals surface area contributed by atoms with Crippen LogP contribution < -0.4 is 10.1 Å². The minimum atomic E-state index is -0.569. The van der Waals surface area contributed by atoms with Crippen molar-refractivity contribution in [3.8, 4) is 5.75 Å². The highest BCUT2D eigenvalue weighted by Gasteiger charge is 2.22. The summed E-state index contributed by atoms with van der Waals surface area (Å²) in [6.07, 6.45) is 0. The maximum Gasteiger partial charge on any atom is 0.273 e. The highest BCUT2D eigenvalue weighted by molar-refractivity contribution is 6.45. The molecule has 0 aliphatic heterocycles. The van der Waals surface area contributed by atoms with E-state index in [9.17, 15) is 9.18 Å². The molecule has 0 heterocycles. The van der Waals surface area contributed by atoms with Gasteiger partial charge < -0.3 is 14.9 Å². The van der Waals surface area contributed by atoms with Crippen LogP contribution in [0, 0.1) is 12.7 Å². The van der Waals surface area contributed by atoms with E-state index in [1.54, 1.807) is 12.1 Å². The number of benzene rings is 2. The number of nitrogens with one attached hydrogen (secondary N) is 1. The van der Waals surface area contributed by atoms with E-state index in [0.29, 0.717) is 11.3 Å². The van der Waals surface area contributed by atoms with Crippen LogP contribution in [-0.4, -0.2) is 25.8 Å². The van der Waals surface area contributed by atoms with E-state index >= 15 is 0 Å². The number of hydrogen-bond acceptors (Lipinski definition) is 4. The van der Waals surface area contributed by atoms with E-state index in [-0.39, 0.29) is 17.9 Å². The van der Waals surface area contributed by atoms with E-state index in [0.717, 1.165) is 5.56 Å². The van der Waals surface area contributed by atoms with E-state index < -0.39 is 11.7 Å². The second kappa shape index (κ2) is 8.10. The van der Waals surface area contributed by atoms with Gasteiger partial charge in [-0.25, -0.2) is 4.39 Å². The van der Waals surface area contributed by atoms with Gasteiger partial charge in [0.1, 0.15) is 25.3 Å². The lowest BCUT2D eigenvalue weighted by atomic mass is 10.0. The number of carbonyl (C=O) groups is 1. The standard InChI is InChI=1S/C18H19FN2O3/c1-12-7-4-5-10-15(12)24-11-13-8-6-9-14(19)16(13)17(21-23-3)18(22)20-2/h4-10H,11H2,1-3H3,(H,20,22)/b21-17+. The van der Waals surface area contributed by atoms with Crippen LogP contribution in [0.4, 0.5) is 4.39 Å². The molecule has 2 aromatic rings. The van der Waals surface area contributed by atoms with Crippen molar-refractivity contribution < 1.29 is 18.8 Å². The summed E-state index contributed by atoms with van der Waals surface area (Å²) < 4.78 is 20.1. The third kappa shape index (κ3) is 3.90. The Morgan fingerprint density at radius 3 is 2.62 bits per heavy atom. The molecule has 1 N–H and O–H groups in total. The number of likely N-dealkylation sites (N-methyl/N-ethyl adjacent to an activating group) is 1. The molecule has 0 aliphatic carbocycles. The number of para-hydroxylation sites is 1. The second-order valence-corrected chi connectivity index (χ2v) is 5.03. The Hall–Kier alpha value is -2.89. The van der Waals surface area contributed by atoms with Gasteiger partial charge in [-0.15, -0.1) is 0 Å². The lowest BCUT2D eigenvalue weighted by Gasteiger charge is -2.14. The molecule has 24 heavy (non-hydrogen) atoms. The Labute approximate surface area is 140 Å². The number of aryl methyl sites for hydroxylation is 1. The highest BCUT2D eigenvalue weighted by Crippen LogP contribution is 2.21. The van der Waals surface area contributed by atoms with E-state index in [2.05, 4.69) is 10.5 Å². The molecule has 0 bridgehead atoms. The number of amides is 1. The second-order valence-electron chi connectivity index (χ2n) is 5.03. The third-order valence-corrected chi connectivity index (χ3v) is 3.44. The number of rotatable bonds is 6. The molecule has 0 unspecified atom stereocenters. The normalized spacial score (nSPS) is 11.1. The Morgan fingerprint density at radius 1 is 1.21 bits per heavy atom. The van der Waals surface area contributed by atoms with Gasteiger partial charge in [0.15, 0.2) is 5.71 Å². The number of carbonyl (C=O) groups excluding carboxylic acids is 1. The highest BCUT2D eigenvalue weighted by atomic mass is 19.1. The summed E-state index contributed by atoms with van der Waals surface area (Å²) in [6, 6.07) is 12.0. The summed E-state index contributed by atoms with van der Waals surface area (Å²) in [6.45, 7) is 2.02. The number of ether oxygens (including phenoxy) is 1. The predicted molar refractivity (Wildman–Crippen MR) is 89.5 cm³/mol. The van der Waals surface area contributed by atoms with Crippen LogP contribution in [0.5, 0.6) is 5.75 Å². The van der Waals surface area contributed by atoms with Crippen molar-refractivity contribution in [2.24, 2.45) is 5.16 Å². The molecule has 1 amide bonds. The molecule has 0 aliphatic rings. The first-order chi connectivity index (χ1) is 11.6. The fourth-order valence-corrected chi connectivity index (χ4v) is 2.24. The van der Waals surface area contributed by atoms with Gasteiger partial charge >= 0.3 is 0 Å². The molecule has 2 aromatic carbocycles. The van der Waals surface area contributed by atoms with Crippen molar-refractivity contribution in [1.82, 2.24) is 5.32 Å². The van der Waals surface area contributed by atoms with Gasteiger partial charge in [-0.05, 0) is 24.6 Å². The summed E-state index contributed by atoms with van der Waals surface area (Å²) in [7, 11) is 2.74. The van der Waals surface area contributed by atoms with Gasteiger partial charge in [0.05, 0.1) is 5.56 Å². The van der Waals surface area contributed by atoms with Crippen LogP contribution >= 0.6 is 0 Å². The number of nitrogens with zero attached hydrogens (tertiary/aromatic N) is 1. The van der Waals surface area contributed by atoms with Crippen molar-refractivity contribution in [1.29, 1.82) is 0 Å². The largest absolute Gasteiger partial charge is 0.489 e. The molecule has 0 saturated heterocycles. The molecule has 0 spiro atoms. The zero-order valence-corrected chi connectivity index (χ0v) is 13.8. The molecule has 0 fully saturated rings. The molecular formula is C18H19FN2O3. The Kier molecular flexibility index (Phi) is 5.89. The number of oxime groups is 1. The van der Waals surface area contributed by atoms with Gasteiger partial charge in [0.2, 0.25) is 0 Å². The summed E-state index contributed by atoms with van der Waals surface area (Å²) in [4.78, 5) is 16.7. The maximum atomic E-state index is 14.4. The topological polar surface area (TPSA) is 59.9 Å². The maximum absolute atomic E-state index is 14.4. The van der Waals surface area contributed by atoms with Crippen LogP contribution in [0.25, 0.3) is 0 Å². The van der Waals surface area contributed by atoms with E-state index in [4.69, 9.17) is 9.57 Å². The SMILES string of the molecule is CNC(=O)/C(=N/OC)c1c(F)cccc1COc1ccccc1C. The van der Waals surface area contributed by atoms with Gasteiger partial charge in [0, 0.05) is 12.6 Å². The molecule has 0 atom stereocenters. The van der Waals surface area contributed by atoms with Crippen LogP contribution in [0.2, 0.25) is 0 Å². The first kappa shape index (κ1) is 17.5. The monoisotopic (exact) mass is 330 g/mol. The summed E-state index contributed by atoms with van der Waals surface area (Å²) in [5, 5.41) is 6.10. The van der Waals surface area contributed by atoms with Gasteiger partial charge in [-0.1, -0.05) is 35.5 Å². The fraction of sp³-hybridized carbons (Fsp3) is 0.222. The zero-order chi connectivity index (χ0) is 17.5. The average Bonchev–Trinajstić information content (AvgIpc) is 2.59. The van der Waals surface area contributed by atoms with Crippen molar-refractivity contribution >= 4 is 11.6 Å². The Morgan fingerprint density at radius 2 is 1.96 bits per heavy atom. The van der Waals surface area contributed by atoms with Crippen LogP contribution in [0.3, 0.4) is 0 Å². The molecule has 126 valence electrons. The summed E-state index contributed by atoms with van der Waals surface area (Å²) in [5.74, 6) is -0.419. The van der Waals surface area contributed by atoms with Crippen LogP contribution in [0.1, 0.15) is 16.7 Å². The minimum Gasteiger partial charge on any atom is -0.489 e. The van der Waals surface area contributed by atoms with Crippen molar-refractivity contribution in [3.63, 3.8) is 0 Å². The quantitative estimate of drug-likeness (QED) is 0.654. The van der Waals surface area contributed by atoms with Crippen molar-refractivity contribution in [3.05, 3.63) is 65.0 Å². The lowest BCUT2D eigenvalue weighted by molar-refractivity contribution is -0.114. The molecule has 0 radical (unpaired) electrons. The molecule has 6 heteroatoms. The first-order valence-electron chi connectivity index (χ1n) is 7.38. The minimum absolute atomic E-state index is 0.0623. The number of hydrogen-bond donors (Lipinski definition) is 1. The predicted octanol–water partition coefficient (Wildman–Crippen LogP) is 2.81. The molecular weight excluding hydrogens is 311 g/mol. The Bertz CT molecular complexity index is 760. The van der Waals surface area contributed by atoms with Crippen molar-refractivity contribution in [2.75, 3.05) is 14.2 Å². The number of halogens is 1. The molecule has 2 rings (SSSR count). The van der Waals surface area contributed by atoms with Gasteiger partial charge in [-0.3, -0.25) is 4.79 Å². The average molecular weight is 330 g/mol. The lowest BCUT2D eigenvalue weighted by Crippen LogP contribution is -2.30. The molecule has 0 aromatic heterocycles. The zero-order valence-electron chi connectivity index (χ0n) is 13.8. The first-order valence-corrected chi connectivity index (χ1v) is 7.38. The van der Waals surface area contributed by atoms with Gasteiger partial charge in [0.25, 0.3) is 5.91 Å². The molecule has 5 nitrogen and oxygen atoms in total. The van der Waals surface area contributed by atoms with Gasteiger partial charge in [-0.2, -0.15) is 0 Å². The van der Waals surface area contributed by atoms with E-state index in [1.807, 2.05) is 31.2 Å². The fourth-order valence-electron chi connectivity index (χ4n) is 2.24.